The molecule has 1 saturated heterocycles. The van der Waals surface area contributed by atoms with Crippen LogP contribution in [0.3, 0.4) is 0 Å². The van der Waals surface area contributed by atoms with E-state index in [0.717, 1.165) is 12.1 Å². The van der Waals surface area contributed by atoms with Gasteiger partial charge < -0.3 is 29.2 Å². The van der Waals surface area contributed by atoms with Crippen molar-refractivity contribution < 1.29 is 37.3 Å². The standard InChI is InChI=1S/C23H26F2N2O6/c1-30-15-7-20(32-3)16(21(8-15)33-4)12-27-11-14(23(29)26-10-22(27)28)5-13-6-17(24)18(25)9-19(13)31-2/h6-9,14H,5,10-12H2,1-4H3,(H,26,29). The molecule has 0 aliphatic carbocycles. The van der Waals surface area contributed by atoms with E-state index in [2.05, 4.69) is 5.32 Å². The highest BCUT2D eigenvalue weighted by molar-refractivity contribution is 5.88. The van der Waals surface area contributed by atoms with E-state index in [-0.39, 0.29) is 43.6 Å². The van der Waals surface area contributed by atoms with Crippen LogP contribution in [0.25, 0.3) is 0 Å². The average Bonchev–Trinajstić information content (AvgIpc) is 2.94. The molecule has 10 heteroatoms. The molecule has 0 spiro atoms. The van der Waals surface area contributed by atoms with Gasteiger partial charge in [0.1, 0.15) is 23.0 Å². The minimum Gasteiger partial charge on any atom is -0.496 e. The smallest absolute Gasteiger partial charge is 0.242 e. The number of rotatable bonds is 8. The number of carbonyl (C=O) groups is 2. The summed E-state index contributed by atoms with van der Waals surface area (Å²) >= 11 is 0. The van der Waals surface area contributed by atoms with Crippen molar-refractivity contribution in [2.75, 3.05) is 41.5 Å². The molecule has 1 fully saturated rings. The number of benzene rings is 2. The molecule has 33 heavy (non-hydrogen) atoms. The summed E-state index contributed by atoms with van der Waals surface area (Å²) in [5.74, 6) is -1.91. The zero-order valence-corrected chi connectivity index (χ0v) is 18.9. The van der Waals surface area contributed by atoms with Crippen molar-refractivity contribution in [1.82, 2.24) is 10.2 Å². The quantitative estimate of drug-likeness (QED) is 0.646. The second-order valence-electron chi connectivity index (χ2n) is 7.48. The van der Waals surface area contributed by atoms with Crippen molar-refractivity contribution in [3.8, 4) is 23.0 Å². The van der Waals surface area contributed by atoms with Crippen LogP contribution in [0.4, 0.5) is 8.78 Å². The molecular formula is C23H26F2N2O6. The van der Waals surface area contributed by atoms with Gasteiger partial charge in [-0.3, -0.25) is 9.59 Å². The number of nitrogens with one attached hydrogen (secondary N) is 1. The van der Waals surface area contributed by atoms with Gasteiger partial charge in [0.2, 0.25) is 11.8 Å². The molecular weight excluding hydrogens is 438 g/mol. The molecule has 2 aromatic rings. The van der Waals surface area contributed by atoms with E-state index in [1.165, 1.54) is 33.3 Å². The zero-order valence-electron chi connectivity index (χ0n) is 18.9. The summed E-state index contributed by atoms with van der Waals surface area (Å²) < 4.78 is 48.8. The van der Waals surface area contributed by atoms with Crippen LogP contribution >= 0.6 is 0 Å². The summed E-state index contributed by atoms with van der Waals surface area (Å²) in [6, 6.07) is 5.30. The summed E-state index contributed by atoms with van der Waals surface area (Å²) in [6.45, 7) is -0.0360. The van der Waals surface area contributed by atoms with Gasteiger partial charge in [-0.15, -0.1) is 0 Å². The molecule has 1 aliphatic heterocycles. The van der Waals surface area contributed by atoms with Crippen LogP contribution in [-0.2, 0) is 22.6 Å². The number of halogens is 2. The second-order valence-corrected chi connectivity index (χ2v) is 7.48. The Balaban J connectivity index is 1.91. The Hall–Kier alpha value is -3.56. The molecule has 0 bridgehead atoms. The molecule has 0 aromatic heterocycles. The van der Waals surface area contributed by atoms with E-state index in [0.29, 0.717) is 28.4 Å². The maximum Gasteiger partial charge on any atom is 0.242 e. The molecule has 0 radical (unpaired) electrons. The highest BCUT2D eigenvalue weighted by Gasteiger charge is 2.31. The molecule has 1 aliphatic rings. The van der Waals surface area contributed by atoms with Crippen molar-refractivity contribution >= 4 is 11.8 Å². The predicted molar refractivity (Wildman–Crippen MR) is 115 cm³/mol. The number of nitrogens with zero attached hydrogens (tertiary/aromatic N) is 1. The largest absolute Gasteiger partial charge is 0.496 e. The van der Waals surface area contributed by atoms with E-state index in [1.807, 2.05) is 0 Å². The third-order valence-electron chi connectivity index (χ3n) is 5.53. The normalized spacial score (nSPS) is 16.2. The number of carbonyl (C=O) groups excluding carboxylic acids is 2. The highest BCUT2D eigenvalue weighted by atomic mass is 19.2. The minimum atomic E-state index is -1.04. The lowest BCUT2D eigenvalue weighted by molar-refractivity contribution is -0.130. The van der Waals surface area contributed by atoms with Crippen molar-refractivity contribution in [1.29, 1.82) is 0 Å². The molecule has 2 amide bonds. The Morgan fingerprint density at radius 2 is 1.52 bits per heavy atom. The molecule has 1 N–H and O–H groups in total. The van der Waals surface area contributed by atoms with Gasteiger partial charge in [-0.25, -0.2) is 8.78 Å². The molecule has 8 nitrogen and oxygen atoms in total. The van der Waals surface area contributed by atoms with Crippen molar-refractivity contribution in [2.45, 2.75) is 13.0 Å². The predicted octanol–water partition coefficient (Wildman–Crippen LogP) is 2.32. The van der Waals surface area contributed by atoms with Gasteiger partial charge in [-0.2, -0.15) is 0 Å². The number of methoxy groups -OCH3 is 4. The molecule has 3 rings (SSSR count). The molecule has 0 saturated carbocycles. The molecule has 1 unspecified atom stereocenters. The number of ether oxygens (including phenoxy) is 4. The summed E-state index contributed by atoms with van der Waals surface area (Å²) in [4.78, 5) is 27.0. The summed E-state index contributed by atoms with van der Waals surface area (Å²) in [6.07, 6.45) is 0.0485. The van der Waals surface area contributed by atoms with E-state index in [4.69, 9.17) is 18.9 Å². The van der Waals surface area contributed by atoms with E-state index >= 15 is 0 Å². The first kappa shape index (κ1) is 24.1. The van der Waals surface area contributed by atoms with Crippen molar-refractivity contribution in [2.24, 2.45) is 5.92 Å². The number of hydrogen-bond acceptors (Lipinski definition) is 6. The molecule has 178 valence electrons. The lowest BCUT2D eigenvalue weighted by Crippen LogP contribution is -2.36. The third-order valence-corrected chi connectivity index (χ3v) is 5.53. The van der Waals surface area contributed by atoms with Crippen LogP contribution in [0.1, 0.15) is 11.1 Å². The third kappa shape index (κ3) is 5.27. The first-order chi connectivity index (χ1) is 15.8. The fourth-order valence-corrected chi connectivity index (χ4v) is 3.79. The Bertz CT molecular complexity index is 1020. The van der Waals surface area contributed by atoms with E-state index in [9.17, 15) is 18.4 Å². The molecule has 2 aromatic carbocycles. The Morgan fingerprint density at radius 1 is 0.909 bits per heavy atom. The molecule has 1 atom stereocenters. The van der Waals surface area contributed by atoms with Gasteiger partial charge in [0.25, 0.3) is 0 Å². The van der Waals surface area contributed by atoms with Crippen LogP contribution in [-0.4, -0.2) is 58.2 Å². The Kier molecular flexibility index (Phi) is 7.57. The molecule has 1 heterocycles. The van der Waals surface area contributed by atoms with Crippen LogP contribution in [0.5, 0.6) is 23.0 Å². The van der Waals surface area contributed by atoms with E-state index in [1.54, 1.807) is 12.1 Å². The first-order valence-corrected chi connectivity index (χ1v) is 10.2. The summed E-state index contributed by atoms with van der Waals surface area (Å²) in [7, 11) is 5.83. The monoisotopic (exact) mass is 464 g/mol. The van der Waals surface area contributed by atoms with Gasteiger partial charge in [0, 0.05) is 24.7 Å². The second kappa shape index (κ2) is 10.4. The fourth-order valence-electron chi connectivity index (χ4n) is 3.79. The van der Waals surface area contributed by atoms with Gasteiger partial charge in [-0.1, -0.05) is 0 Å². The lowest BCUT2D eigenvalue weighted by atomic mass is 9.96. The maximum atomic E-state index is 13.8. The fraction of sp³-hybridized carbons (Fsp3) is 0.391. The van der Waals surface area contributed by atoms with Crippen LogP contribution in [0, 0.1) is 17.6 Å². The Labute approximate surface area is 190 Å². The van der Waals surface area contributed by atoms with Gasteiger partial charge in [-0.05, 0) is 18.1 Å². The van der Waals surface area contributed by atoms with Crippen LogP contribution in [0.2, 0.25) is 0 Å². The minimum absolute atomic E-state index is 0.0468. The van der Waals surface area contributed by atoms with Crippen molar-refractivity contribution in [3.05, 3.63) is 47.0 Å². The van der Waals surface area contributed by atoms with E-state index < -0.39 is 17.6 Å². The van der Waals surface area contributed by atoms with Crippen LogP contribution < -0.4 is 24.3 Å². The summed E-state index contributed by atoms with van der Waals surface area (Å²) in [5.41, 5.74) is 0.929. The Morgan fingerprint density at radius 3 is 2.09 bits per heavy atom. The number of amides is 2. The highest BCUT2D eigenvalue weighted by Crippen LogP contribution is 2.35. The summed E-state index contributed by atoms with van der Waals surface area (Å²) in [5, 5.41) is 2.60. The average molecular weight is 464 g/mol. The maximum absolute atomic E-state index is 13.8. The first-order valence-electron chi connectivity index (χ1n) is 10.2. The lowest BCUT2D eigenvalue weighted by Gasteiger charge is -2.26. The van der Waals surface area contributed by atoms with Gasteiger partial charge >= 0.3 is 0 Å². The SMILES string of the molecule is COc1cc(OC)c(CN2CC(Cc3cc(F)c(F)cc3OC)C(=O)NCC2=O)c(OC)c1. The van der Waals surface area contributed by atoms with Crippen molar-refractivity contribution in [3.63, 3.8) is 0 Å². The number of hydrogen-bond donors (Lipinski definition) is 1. The van der Waals surface area contributed by atoms with Gasteiger partial charge in [0.05, 0.1) is 53.0 Å². The topological polar surface area (TPSA) is 86.3 Å². The zero-order chi connectivity index (χ0) is 24.1. The van der Waals surface area contributed by atoms with Crippen LogP contribution in [0.15, 0.2) is 24.3 Å². The van der Waals surface area contributed by atoms with Gasteiger partial charge in [0.15, 0.2) is 11.6 Å².